The number of hydrogen-bond donors (Lipinski definition) is 0. The Hall–Kier alpha value is -1.96. The average molecular weight is 282 g/mol. The number of allylic oxidation sites excluding steroid dienone is 4. The van der Waals surface area contributed by atoms with Crippen LogP contribution in [0.15, 0.2) is 47.6 Å². The summed E-state index contributed by atoms with van der Waals surface area (Å²) in [5, 5.41) is 0. The van der Waals surface area contributed by atoms with Crippen molar-refractivity contribution >= 4 is 17.6 Å². The Morgan fingerprint density at radius 3 is 2.10 bits per heavy atom. The molecule has 110 valence electrons. The predicted octanol–water partition coefficient (Wildman–Crippen LogP) is 4.22. The Morgan fingerprint density at radius 2 is 1.62 bits per heavy atom. The van der Waals surface area contributed by atoms with Gasteiger partial charge in [-0.3, -0.25) is 9.59 Å². The smallest absolute Gasteiger partial charge is 0.176 e. The Morgan fingerprint density at radius 1 is 1.05 bits per heavy atom. The summed E-state index contributed by atoms with van der Waals surface area (Å²) < 4.78 is 0. The van der Waals surface area contributed by atoms with Gasteiger partial charge in [0.2, 0.25) is 0 Å². The van der Waals surface area contributed by atoms with E-state index in [4.69, 9.17) is 0 Å². The highest BCUT2D eigenvalue weighted by Crippen LogP contribution is 2.45. The van der Waals surface area contributed by atoms with Gasteiger partial charge in [-0.25, -0.2) is 0 Å². The van der Waals surface area contributed by atoms with Gasteiger partial charge in [-0.1, -0.05) is 57.2 Å². The molecular weight excluding hydrogens is 260 g/mol. The van der Waals surface area contributed by atoms with E-state index in [0.717, 1.165) is 16.7 Å². The zero-order chi connectivity index (χ0) is 15.8. The summed E-state index contributed by atoms with van der Waals surface area (Å²) in [5.41, 5.74) is 2.20. The molecule has 0 N–H and O–H groups in total. The number of carbonyl (C=O) groups is 2. The van der Waals surface area contributed by atoms with Gasteiger partial charge in [0.05, 0.1) is 11.0 Å². The first kappa shape index (κ1) is 15.4. The number of carbonyl (C=O) groups excluding carboxylic acids is 2. The summed E-state index contributed by atoms with van der Waals surface area (Å²) in [6.45, 7) is 9.85. The van der Waals surface area contributed by atoms with Crippen LogP contribution in [-0.2, 0) is 9.59 Å². The third-order valence-electron chi connectivity index (χ3n) is 4.08. The van der Waals surface area contributed by atoms with Crippen molar-refractivity contribution in [2.45, 2.75) is 34.6 Å². The van der Waals surface area contributed by atoms with Gasteiger partial charge in [0.15, 0.2) is 12.1 Å². The molecule has 0 bridgehead atoms. The minimum atomic E-state index is -0.688. The zero-order valence-electron chi connectivity index (χ0n) is 13.4. The molecule has 0 saturated carbocycles. The van der Waals surface area contributed by atoms with Gasteiger partial charge in [0.25, 0.3) is 0 Å². The second-order valence-corrected chi connectivity index (χ2v) is 7.07. The first-order valence-corrected chi connectivity index (χ1v) is 7.22. The summed E-state index contributed by atoms with van der Waals surface area (Å²) in [4.78, 5) is 24.2. The molecule has 0 amide bonds. The van der Waals surface area contributed by atoms with Gasteiger partial charge in [-0.2, -0.15) is 0 Å². The van der Waals surface area contributed by atoms with Crippen LogP contribution in [0.2, 0.25) is 0 Å². The van der Waals surface area contributed by atoms with Crippen LogP contribution >= 0.6 is 0 Å². The number of benzene rings is 1. The van der Waals surface area contributed by atoms with Gasteiger partial charge in [-0.15, -0.1) is 0 Å². The third-order valence-corrected chi connectivity index (χ3v) is 4.08. The van der Waals surface area contributed by atoms with E-state index >= 15 is 0 Å². The van der Waals surface area contributed by atoms with Gasteiger partial charge < -0.3 is 0 Å². The van der Waals surface area contributed by atoms with Gasteiger partial charge in [0.1, 0.15) is 0 Å². The molecule has 0 atom stereocenters. The van der Waals surface area contributed by atoms with Crippen molar-refractivity contribution in [2.24, 2.45) is 10.8 Å². The maximum atomic E-state index is 12.8. The van der Waals surface area contributed by atoms with E-state index < -0.39 is 5.41 Å². The molecule has 2 nitrogen and oxygen atoms in total. The molecule has 0 spiro atoms. The lowest BCUT2D eigenvalue weighted by Crippen LogP contribution is -2.33. The van der Waals surface area contributed by atoms with Crippen molar-refractivity contribution in [3.05, 3.63) is 53.1 Å². The van der Waals surface area contributed by atoms with E-state index in [1.54, 1.807) is 0 Å². The fraction of sp³-hybridized carbons (Fsp3) is 0.368. The van der Waals surface area contributed by atoms with E-state index in [2.05, 4.69) is 0 Å². The molecule has 1 aliphatic rings. The van der Waals surface area contributed by atoms with Crippen LogP contribution in [0, 0.1) is 10.8 Å². The van der Waals surface area contributed by atoms with Crippen molar-refractivity contribution in [1.82, 2.24) is 0 Å². The van der Waals surface area contributed by atoms with Gasteiger partial charge in [0, 0.05) is 0 Å². The van der Waals surface area contributed by atoms with Crippen molar-refractivity contribution in [1.29, 1.82) is 0 Å². The zero-order valence-corrected chi connectivity index (χ0v) is 13.4. The normalized spacial score (nSPS) is 18.5. The Bertz CT molecular complexity index is 638. The molecular formula is C19H22O2. The molecule has 0 fully saturated rings. The van der Waals surface area contributed by atoms with E-state index in [9.17, 15) is 9.59 Å². The first-order chi connectivity index (χ1) is 9.69. The Balaban J connectivity index is 2.74. The maximum absolute atomic E-state index is 12.8. The minimum absolute atomic E-state index is 0.0937. The van der Waals surface area contributed by atoms with Crippen LogP contribution < -0.4 is 0 Å². The topological polar surface area (TPSA) is 34.1 Å². The highest BCUT2D eigenvalue weighted by atomic mass is 16.1. The molecule has 2 rings (SSSR count). The molecule has 21 heavy (non-hydrogen) atoms. The van der Waals surface area contributed by atoms with Crippen molar-refractivity contribution in [3.8, 4) is 0 Å². The summed E-state index contributed by atoms with van der Waals surface area (Å²) in [6, 6.07) is 9.90. The third kappa shape index (κ3) is 2.63. The molecule has 1 aliphatic carbocycles. The largest absolute Gasteiger partial charge is 0.298 e. The average Bonchev–Trinajstić information content (AvgIpc) is 2.41. The summed E-state index contributed by atoms with van der Waals surface area (Å²) >= 11 is 0. The van der Waals surface area contributed by atoms with Crippen LogP contribution in [0.1, 0.15) is 40.2 Å². The quantitative estimate of drug-likeness (QED) is 0.601. The molecule has 1 aromatic carbocycles. The number of ketones is 1. The lowest BCUT2D eigenvalue weighted by Gasteiger charge is -2.35. The van der Waals surface area contributed by atoms with Crippen LogP contribution in [0.3, 0.4) is 0 Å². The van der Waals surface area contributed by atoms with E-state index in [1.807, 2.05) is 71.0 Å². The van der Waals surface area contributed by atoms with E-state index in [1.165, 1.54) is 0 Å². The molecule has 0 saturated heterocycles. The van der Waals surface area contributed by atoms with Gasteiger partial charge in [-0.05, 0) is 36.0 Å². The number of hydrogen-bond acceptors (Lipinski definition) is 2. The van der Waals surface area contributed by atoms with Crippen molar-refractivity contribution < 1.29 is 9.59 Å². The lowest BCUT2D eigenvalue weighted by molar-refractivity contribution is -0.122. The lowest BCUT2D eigenvalue weighted by atomic mass is 9.66. The Kier molecular flexibility index (Phi) is 3.75. The molecule has 0 unspecified atom stereocenters. The van der Waals surface area contributed by atoms with Crippen molar-refractivity contribution in [3.63, 3.8) is 0 Å². The fourth-order valence-electron chi connectivity index (χ4n) is 2.78. The molecule has 0 radical (unpaired) electrons. The number of aldehydes is 1. The number of Topliss-reactive ketones (excluding diaryl/α,β-unsaturated/α-hetero) is 1. The van der Waals surface area contributed by atoms with Crippen LogP contribution in [0.25, 0.3) is 5.57 Å². The molecule has 0 aliphatic heterocycles. The highest BCUT2D eigenvalue weighted by molar-refractivity contribution is 6.21. The molecule has 0 heterocycles. The summed E-state index contributed by atoms with van der Waals surface area (Å²) in [6.07, 6.45) is 2.74. The van der Waals surface area contributed by atoms with Crippen molar-refractivity contribution in [2.75, 3.05) is 0 Å². The standard InChI is InChI=1S/C19H22O2/c1-18(2,3)16-11-15(13-9-7-6-8-10-13)19(4,5)17(21)14(16)12-20/h6-12H,1-5H3. The summed E-state index contributed by atoms with van der Waals surface area (Å²) in [5.74, 6) is -0.0937. The number of rotatable bonds is 2. The van der Waals surface area contributed by atoms with Gasteiger partial charge >= 0.3 is 0 Å². The van der Waals surface area contributed by atoms with Crippen LogP contribution in [0.4, 0.5) is 0 Å². The SMILES string of the molecule is CC(C)(C)C1=C(C=O)C(=O)C(C)(C)C(c2ccccc2)=C1. The predicted molar refractivity (Wildman–Crippen MR) is 85.8 cm³/mol. The summed E-state index contributed by atoms with van der Waals surface area (Å²) in [7, 11) is 0. The minimum Gasteiger partial charge on any atom is -0.298 e. The van der Waals surface area contributed by atoms with Crippen LogP contribution in [-0.4, -0.2) is 12.1 Å². The molecule has 2 heteroatoms. The maximum Gasteiger partial charge on any atom is 0.176 e. The second-order valence-electron chi connectivity index (χ2n) is 7.07. The highest BCUT2D eigenvalue weighted by Gasteiger charge is 2.41. The fourth-order valence-corrected chi connectivity index (χ4v) is 2.78. The molecule has 0 aromatic heterocycles. The van der Waals surface area contributed by atoms with E-state index in [-0.39, 0.29) is 11.2 Å². The Labute approximate surface area is 126 Å². The molecule has 1 aromatic rings. The monoisotopic (exact) mass is 282 g/mol. The first-order valence-electron chi connectivity index (χ1n) is 7.22. The van der Waals surface area contributed by atoms with Crippen LogP contribution in [0.5, 0.6) is 0 Å². The second kappa shape index (κ2) is 5.10. The van der Waals surface area contributed by atoms with E-state index in [0.29, 0.717) is 11.9 Å².